The number of rotatable bonds is 18. The third-order valence-electron chi connectivity index (χ3n) is 4.90. The van der Waals surface area contributed by atoms with Crippen molar-refractivity contribution in [2.24, 2.45) is 5.92 Å². The molecule has 0 aromatic heterocycles. The van der Waals surface area contributed by atoms with Gasteiger partial charge in [0.15, 0.2) is 0 Å². The predicted molar refractivity (Wildman–Crippen MR) is 105 cm³/mol. The molecule has 0 rings (SSSR count). The van der Waals surface area contributed by atoms with Crippen LogP contribution in [-0.4, -0.2) is 40.3 Å². The number of carbonyl (C=O) groups is 1. The van der Waals surface area contributed by atoms with Crippen LogP contribution < -0.4 is 0 Å². The maximum Gasteiger partial charge on any atom is 0.311 e. The van der Waals surface area contributed by atoms with Crippen molar-refractivity contribution < 1.29 is 24.9 Å². The topological polar surface area (TPSA) is 87.0 Å². The monoisotopic (exact) mass is 374 g/mol. The Kier molecular flexibility index (Phi) is 17.3. The number of unbranched alkanes of at least 4 members (excludes halogenated alkanes) is 10. The summed E-state index contributed by atoms with van der Waals surface area (Å²) in [5.41, 5.74) is 0. The molecule has 0 saturated carbocycles. The number of aliphatic hydroxyl groups is 3. The Bertz CT molecular complexity index is 322. The van der Waals surface area contributed by atoms with Gasteiger partial charge in [0, 0.05) is 0 Å². The van der Waals surface area contributed by atoms with Gasteiger partial charge in [0.05, 0.1) is 12.5 Å². The summed E-state index contributed by atoms with van der Waals surface area (Å²) in [5.74, 6) is -0.683. The highest BCUT2D eigenvalue weighted by Gasteiger charge is 2.25. The molecule has 156 valence electrons. The van der Waals surface area contributed by atoms with E-state index < -0.39 is 25.0 Å². The molecule has 0 radical (unpaired) electrons. The summed E-state index contributed by atoms with van der Waals surface area (Å²) in [6.07, 6.45) is 12.6. The number of carbonyl (C=O) groups excluding carboxylic acids is 1. The first kappa shape index (κ1) is 25.4. The minimum atomic E-state index is -1.65. The smallest absolute Gasteiger partial charge is 0.311 e. The number of hydrogen-bond donors (Lipinski definition) is 3. The van der Waals surface area contributed by atoms with E-state index in [-0.39, 0.29) is 5.92 Å². The van der Waals surface area contributed by atoms with Crippen LogP contribution >= 0.6 is 0 Å². The molecule has 0 saturated heterocycles. The molecule has 0 aliphatic carbocycles. The van der Waals surface area contributed by atoms with Crippen LogP contribution in [0.1, 0.15) is 104 Å². The number of hydrogen-bond acceptors (Lipinski definition) is 5. The van der Waals surface area contributed by atoms with Crippen LogP contribution in [0.15, 0.2) is 0 Å². The Balaban J connectivity index is 4.18. The van der Waals surface area contributed by atoms with Crippen LogP contribution in [0.5, 0.6) is 0 Å². The van der Waals surface area contributed by atoms with Crippen molar-refractivity contribution in [2.45, 2.75) is 116 Å². The highest BCUT2D eigenvalue weighted by Crippen LogP contribution is 2.21. The standard InChI is InChI=1S/C21H42O5/c1-3-5-7-9-10-11-12-14-16-18(15-13-8-6-4-2)20(24)26-21(25)19(23)17-22/h18-19,21-23,25H,3-17H2,1-2H3. The Hall–Kier alpha value is -0.650. The lowest BCUT2D eigenvalue weighted by Gasteiger charge is -2.21. The van der Waals surface area contributed by atoms with E-state index in [1.807, 2.05) is 0 Å². The van der Waals surface area contributed by atoms with Gasteiger partial charge in [-0.3, -0.25) is 4.79 Å². The summed E-state index contributed by atoms with van der Waals surface area (Å²) in [6.45, 7) is 3.74. The molecule has 0 amide bonds. The minimum Gasteiger partial charge on any atom is -0.433 e. The first-order valence-electron chi connectivity index (χ1n) is 10.7. The van der Waals surface area contributed by atoms with E-state index in [0.717, 1.165) is 51.4 Å². The molecule has 3 unspecified atom stereocenters. The van der Waals surface area contributed by atoms with Gasteiger partial charge in [-0.15, -0.1) is 0 Å². The lowest BCUT2D eigenvalue weighted by molar-refractivity contribution is -0.195. The number of esters is 1. The van der Waals surface area contributed by atoms with Crippen molar-refractivity contribution in [3.8, 4) is 0 Å². The fraction of sp³-hybridized carbons (Fsp3) is 0.952. The quantitative estimate of drug-likeness (QED) is 0.189. The number of ether oxygens (including phenoxy) is 1. The van der Waals surface area contributed by atoms with Crippen LogP contribution in [0.4, 0.5) is 0 Å². The van der Waals surface area contributed by atoms with Gasteiger partial charge >= 0.3 is 5.97 Å². The van der Waals surface area contributed by atoms with Crippen LogP contribution in [0.2, 0.25) is 0 Å². The summed E-state index contributed by atoms with van der Waals surface area (Å²) in [6, 6.07) is 0. The third kappa shape index (κ3) is 13.5. The molecule has 5 heteroatoms. The molecule has 0 heterocycles. The molecule has 0 bridgehead atoms. The van der Waals surface area contributed by atoms with Gasteiger partial charge in [0.1, 0.15) is 6.10 Å². The highest BCUT2D eigenvalue weighted by atomic mass is 16.6. The van der Waals surface area contributed by atoms with Gasteiger partial charge in [0.25, 0.3) is 0 Å². The fourth-order valence-corrected chi connectivity index (χ4v) is 3.11. The van der Waals surface area contributed by atoms with E-state index >= 15 is 0 Å². The molecule has 0 aromatic carbocycles. The zero-order chi connectivity index (χ0) is 19.6. The van der Waals surface area contributed by atoms with Crippen molar-refractivity contribution in [3.63, 3.8) is 0 Å². The molecule has 3 atom stereocenters. The Morgan fingerprint density at radius 3 is 1.65 bits per heavy atom. The molecule has 0 aliphatic heterocycles. The molecular weight excluding hydrogens is 332 g/mol. The van der Waals surface area contributed by atoms with Gasteiger partial charge in [0.2, 0.25) is 6.29 Å². The fourth-order valence-electron chi connectivity index (χ4n) is 3.11. The third-order valence-corrected chi connectivity index (χ3v) is 4.90. The molecule has 0 aromatic rings. The zero-order valence-corrected chi connectivity index (χ0v) is 17.0. The SMILES string of the molecule is CCCCCCCCCCC(CCCCCC)C(=O)OC(O)C(O)CO. The largest absolute Gasteiger partial charge is 0.433 e. The molecule has 0 spiro atoms. The van der Waals surface area contributed by atoms with Crippen LogP contribution in [0.3, 0.4) is 0 Å². The van der Waals surface area contributed by atoms with Crippen LogP contribution in [-0.2, 0) is 9.53 Å². The van der Waals surface area contributed by atoms with E-state index in [2.05, 4.69) is 13.8 Å². The minimum absolute atomic E-state index is 0.229. The lowest BCUT2D eigenvalue weighted by atomic mass is 9.94. The van der Waals surface area contributed by atoms with Crippen molar-refractivity contribution >= 4 is 5.97 Å². The van der Waals surface area contributed by atoms with Crippen molar-refractivity contribution in [1.29, 1.82) is 0 Å². The van der Waals surface area contributed by atoms with Crippen molar-refractivity contribution in [2.75, 3.05) is 6.61 Å². The lowest BCUT2D eigenvalue weighted by Crippen LogP contribution is -2.35. The van der Waals surface area contributed by atoms with Gasteiger partial charge in [-0.2, -0.15) is 0 Å². The first-order chi connectivity index (χ1) is 12.6. The average molecular weight is 375 g/mol. The summed E-state index contributed by atoms with van der Waals surface area (Å²) < 4.78 is 4.95. The second kappa shape index (κ2) is 17.7. The molecule has 3 N–H and O–H groups in total. The zero-order valence-electron chi connectivity index (χ0n) is 17.0. The van der Waals surface area contributed by atoms with Crippen LogP contribution in [0, 0.1) is 5.92 Å². The number of aliphatic hydroxyl groups excluding tert-OH is 3. The second-order valence-corrected chi connectivity index (χ2v) is 7.39. The summed E-state index contributed by atoms with van der Waals surface area (Å²) in [4.78, 5) is 12.3. The van der Waals surface area contributed by atoms with Gasteiger partial charge in [-0.1, -0.05) is 90.9 Å². The van der Waals surface area contributed by atoms with Gasteiger partial charge in [-0.05, 0) is 12.8 Å². The second-order valence-electron chi connectivity index (χ2n) is 7.39. The van der Waals surface area contributed by atoms with E-state index in [4.69, 9.17) is 9.84 Å². The van der Waals surface area contributed by atoms with E-state index in [1.54, 1.807) is 0 Å². The molecule has 26 heavy (non-hydrogen) atoms. The van der Waals surface area contributed by atoms with Gasteiger partial charge < -0.3 is 20.1 Å². The Labute approximate surface area is 160 Å². The highest BCUT2D eigenvalue weighted by molar-refractivity contribution is 5.72. The Morgan fingerprint density at radius 2 is 1.19 bits per heavy atom. The van der Waals surface area contributed by atoms with E-state index in [9.17, 15) is 15.0 Å². The van der Waals surface area contributed by atoms with E-state index in [1.165, 1.54) is 38.5 Å². The molecule has 5 nitrogen and oxygen atoms in total. The van der Waals surface area contributed by atoms with Crippen molar-refractivity contribution in [1.82, 2.24) is 0 Å². The van der Waals surface area contributed by atoms with Crippen molar-refractivity contribution in [3.05, 3.63) is 0 Å². The van der Waals surface area contributed by atoms with E-state index in [0.29, 0.717) is 0 Å². The summed E-state index contributed by atoms with van der Waals surface area (Å²) >= 11 is 0. The van der Waals surface area contributed by atoms with Crippen LogP contribution in [0.25, 0.3) is 0 Å². The predicted octanol–water partition coefficient (Wildman–Crippen LogP) is 4.32. The first-order valence-corrected chi connectivity index (χ1v) is 10.7. The molecular formula is C21H42O5. The Morgan fingerprint density at radius 1 is 0.769 bits per heavy atom. The normalized spacial score (nSPS) is 14.8. The molecule has 0 aliphatic rings. The molecule has 0 fully saturated rings. The summed E-state index contributed by atoms with van der Waals surface area (Å²) in [7, 11) is 0. The maximum absolute atomic E-state index is 12.3. The van der Waals surface area contributed by atoms with Gasteiger partial charge in [-0.25, -0.2) is 0 Å². The average Bonchev–Trinajstić information content (AvgIpc) is 2.64. The summed E-state index contributed by atoms with van der Waals surface area (Å²) in [5, 5.41) is 27.8. The maximum atomic E-state index is 12.3.